The number of para-hydroxylation sites is 2. The van der Waals surface area contributed by atoms with E-state index in [2.05, 4.69) is 15.5 Å². The first-order valence-electron chi connectivity index (χ1n) is 10.5. The quantitative estimate of drug-likeness (QED) is 0.319. The van der Waals surface area contributed by atoms with Crippen molar-refractivity contribution in [3.8, 4) is 0 Å². The third kappa shape index (κ3) is 5.56. The maximum absolute atomic E-state index is 13.5. The van der Waals surface area contributed by atoms with Gasteiger partial charge in [-0.3, -0.25) is 9.69 Å². The zero-order chi connectivity index (χ0) is 23.2. The average molecular weight is 478 g/mol. The van der Waals surface area contributed by atoms with Gasteiger partial charge in [0.25, 0.3) is 0 Å². The van der Waals surface area contributed by atoms with E-state index >= 15 is 0 Å². The van der Waals surface area contributed by atoms with Crippen LogP contribution in [-0.4, -0.2) is 25.9 Å². The van der Waals surface area contributed by atoms with E-state index < -0.39 is 0 Å². The Hall–Kier alpha value is -3.29. The van der Waals surface area contributed by atoms with Gasteiger partial charge in [0, 0.05) is 29.1 Å². The van der Waals surface area contributed by atoms with Crippen molar-refractivity contribution in [1.29, 1.82) is 0 Å². The van der Waals surface area contributed by atoms with Gasteiger partial charge in [-0.1, -0.05) is 59.8 Å². The number of carbonyl (C=O) groups excluding carboxylic acids is 1. The molecule has 0 radical (unpaired) electrons. The van der Waals surface area contributed by atoms with Crippen LogP contribution in [0.25, 0.3) is 0 Å². The summed E-state index contributed by atoms with van der Waals surface area (Å²) in [6.45, 7) is 2.40. The predicted octanol–water partition coefficient (Wildman–Crippen LogP) is 5.93. The number of hydrogen-bond donors (Lipinski definition) is 1. The van der Waals surface area contributed by atoms with Gasteiger partial charge < -0.3 is 9.88 Å². The van der Waals surface area contributed by atoms with Crippen LogP contribution in [0.2, 0.25) is 5.02 Å². The molecule has 0 aliphatic heterocycles. The Bertz CT molecular complexity index is 1160. The van der Waals surface area contributed by atoms with Gasteiger partial charge in [-0.05, 0) is 55.5 Å². The van der Waals surface area contributed by atoms with E-state index in [-0.39, 0.29) is 11.2 Å². The van der Waals surface area contributed by atoms with Crippen LogP contribution < -0.4 is 10.2 Å². The summed E-state index contributed by atoms with van der Waals surface area (Å²) in [5, 5.41) is 12.9. The molecule has 0 aliphatic carbocycles. The van der Waals surface area contributed by atoms with Crippen LogP contribution in [0.3, 0.4) is 0 Å². The summed E-state index contributed by atoms with van der Waals surface area (Å²) in [4.78, 5) is 15.3. The summed E-state index contributed by atoms with van der Waals surface area (Å²) in [5.41, 5.74) is 2.60. The molecule has 4 aromatic rings. The molecule has 1 amide bonds. The highest BCUT2D eigenvalue weighted by Crippen LogP contribution is 2.30. The second kappa shape index (κ2) is 10.6. The van der Waals surface area contributed by atoms with Crippen molar-refractivity contribution in [3.05, 3.63) is 95.8 Å². The van der Waals surface area contributed by atoms with E-state index in [4.69, 9.17) is 11.6 Å². The minimum Gasteiger partial charge on any atom is -0.378 e. The molecular formula is C25H24ClN5OS. The van der Waals surface area contributed by atoms with Crippen LogP contribution in [-0.2, 0) is 18.4 Å². The first kappa shape index (κ1) is 22.9. The number of benzene rings is 3. The van der Waals surface area contributed by atoms with Crippen LogP contribution >= 0.6 is 23.4 Å². The van der Waals surface area contributed by atoms with Gasteiger partial charge in [0.15, 0.2) is 11.0 Å². The Morgan fingerprint density at radius 3 is 2.12 bits per heavy atom. The van der Waals surface area contributed by atoms with Crippen LogP contribution in [0.4, 0.5) is 17.1 Å². The second-order valence-electron chi connectivity index (χ2n) is 7.42. The zero-order valence-corrected chi connectivity index (χ0v) is 19.9. The minimum atomic E-state index is -0.370. The van der Waals surface area contributed by atoms with Crippen molar-refractivity contribution in [3.63, 3.8) is 0 Å². The molecule has 3 aromatic carbocycles. The van der Waals surface area contributed by atoms with Crippen molar-refractivity contribution in [2.75, 3.05) is 10.2 Å². The number of nitrogens with one attached hydrogen (secondary N) is 1. The van der Waals surface area contributed by atoms with Crippen LogP contribution in [0, 0.1) is 0 Å². The minimum absolute atomic E-state index is 0.0266. The SMILES string of the molecule is CC(Sc1nnc(CNc2ccc(Cl)cc2)n1C)C(=O)N(c1ccccc1)c1ccccc1. The van der Waals surface area contributed by atoms with E-state index in [1.54, 1.807) is 4.90 Å². The predicted molar refractivity (Wildman–Crippen MR) is 135 cm³/mol. The van der Waals surface area contributed by atoms with Crippen LogP contribution in [0.15, 0.2) is 90.1 Å². The summed E-state index contributed by atoms with van der Waals surface area (Å²) in [5.74, 6) is 0.747. The van der Waals surface area contributed by atoms with Gasteiger partial charge in [-0.15, -0.1) is 10.2 Å². The summed E-state index contributed by atoms with van der Waals surface area (Å²) in [6.07, 6.45) is 0. The van der Waals surface area contributed by atoms with E-state index in [1.165, 1.54) is 11.8 Å². The summed E-state index contributed by atoms with van der Waals surface area (Å²) >= 11 is 7.34. The molecule has 8 heteroatoms. The molecule has 1 aromatic heterocycles. The van der Waals surface area contributed by atoms with E-state index in [0.29, 0.717) is 16.7 Å². The number of anilines is 3. The normalized spacial score (nSPS) is 11.7. The number of rotatable bonds is 8. The molecule has 1 unspecified atom stereocenters. The molecule has 0 bridgehead atoms. The highest BCUT2D eigenvalue weighted by atomic mass is 35.5. The number of aromatic nitrogens is 3. The monoisotopic (exact) mass is 477 g/mol. The Morgan fingerprint density at radius 1 is 0.970 bits per heavy atom. The first-order valence-corrected chi connectivity index (χ1v) is 11.8. The number of hydrogen-bond acceptors (Lipinski definition) is 5. The molecule has 0 aliphatic rings. The number of thioether (sulfide) groups is 1. The van der Waals surface area contributed by atoms with Crippen molar-refractivity contribution in [2.45, 2.75) is 23.9 Å². The van der Waals surface area contributed by atoms with Crippen molar-refractivity contribution in [1.82, 2.24) is 14.8 Å². The molecule has 6 nitrogen and oxygen atoms in total. The Kier molecular flexibility index (Phi) is 7.32. The molecule has 1 atom stereocenters. The average Bonchev–Trinajstić information content (AvgIpc) is 3.19. The lowest BCUT2D eigenvalue weighted by atomic mass is 10.2. The molecular weight excluding hydrogens is 454 g/mol. The largest absolute Gasteiger partial charge is 0.378 e. The third-order valence-corrected chi connectivity index (χ3v) is 6.47. The summed E-state index contributed by atoms with van der Waals surface area (Å²) < 4.78 is 1.91. The molecule has 168 valence electrons. The van der Waals surface area contributed by atoms with Gasteiger partial charge >= 0.3 is 0 Å². The van der Waals surface area contributed by atoms with E-state index in [9.17, 15) is 4.79 Å². The number of nitrogens with zero attached hydrogens (tertiary/aromatic N) is 4. The fourth-order valence-electron chi connectivity index (χ4n) is 3.30. The van der Waals surface area contributed by atoms with Gasteiger partial charge in [-0.25, -0.2) is 0 Å². The number of halogens is 1. The Balaban J connectivity index is 1.48. The molecule has 0 fully saturated rings. The number of carbonyl (C=O) groups is 1. The van der Waals surface area contributed by atoms with Gasteiger partial charge in [-0.2, -0.15) is 0 Å². The summed E-state index contributed by atoms with van der Waals surface area (Å²) in [7, 11) is 1.91. The second-order valence-corrected chi connectivity index (χ2v) is 9.17. The van der Waals surface area contributed by atoms with Crippen molar-refractivity contribution in [2.24, 2.45) is 7.05 Å². The summed E-state index contributed by atoms with van der Waals surface area (Å²) in [6, 6.07) is 26.8. The van der Waals surface area contributed by atoms with Gasteiger partial charge in [0.05, 0.1) is 11.8 Å². The van der Waals surface area contributed by atoms with Crippen LogP contribution in [0.1, 0.15) is 12.7 Å². The van der Waals surface area contributed by atoms with Crippen molar-refractivity contribution >= 4 is 46.3 Å². The zero-order valence-electron chi connectivity index (χ0n) is 18.4. The lowest BCUT2D eigenvalue weighted by Gasteiger charge is -2.25. The smallest absolute Gasteiger partial charge is 0.244 e. The lowest BCUT2D eigenvalue weighted by Crippen LogP contribution is -2.33. The molecule has 0 saturated carbocycles. The maximum atomic E-state index is 13.5. The third-order valence-electron chi connectivity index (χ3n) is 5.10. The number of amides is 1. The Labute approximate surface area is 202 Å². The molecule has 33 heavy (non-hydrogen) atoms. The van der Waals surface area contributed by atoms with E-state index in [1.807, 2.05) is 103 Å². The highest BCUT2D eigenvalue weighted by Gasteiger charge is 2.26. The van der Waals surface area contributed by atoms with Gasteiger partial charge in [0.1, 0.15) is 0 Å². The van der Waals surface area contributed by atoms with Crippen molar-refractivity contribution < 1.29 is 4.79 Å². The van der Waals surface area contributed by atoms with Crippen LogP contribution in [0.5, 0.6) is 0 Å². The standard InChI is InChI=1S/C25H24ClN5OS/c1-18(24(32)31(21-9-5-3-6-10-21)22-11-7-4-8-12-22)33-25-29-28-23(30(25)2)17-27-20-15-13-19(26)14-16-20/h3-16,18,27H,17H2,1-2H3. The molecule has 0 saturated heterocycles. The molecule has 0 spiro atoms. The maximum Gasteiger partial charge on any atom is 0.244 e. The Morgan fingerprint density at radius 2 is 1.55 bits per heavy atom. The van der Waals surface area contributed by atoms with Gasteiger partial charge in [0.2, 0.25) is 5.91 Å². The first-order chi connectivity index (χ1) is 16.0. The van der Waals surface area contributed by atoms with E-state index in [0.717, 1.165) is 22.9 Å². The molecule has 1 heterocycles. The fraction of sp³-hybridized carbons (Fsp3) is 0.160. The lowest BCUT2D eigenvalue weighted by molar-refractivity contribution is -0.117. The molecule has 4 rings (SSSR count). The topological polar surface area (TPSA) is 63.1 Å². The molecule has 1 N–H and O–H groups in total. The fourth-order valence-corrected chi connectivity index (χ4v) is 4.30. The highest BCUT2D eigenvalue weighted by molar-refractivity contribution is 8.00.